The van der Waals surface area contributed by atoms with E-state index < -0.39 is 10.0 Å². The molecule has 122 valence electrons. The number of hydrogen-bond acceptors (Lipinski definition) is 4. The first-order valence-corrected chi connectivity index (χ1v) is 9.89. The van der Waals surface area contributed by atoms with E-state index in [1.54, 1.807) is 10.4 Å². The van der Waals surface area contributed by atoms with Crippen LogP contribution >= 0.6 is 11.3 Å². The molecule has 1 atom stereocenters. The highest BCUT2D eigenvalue weighted by Gasteiger charge is 2.25. The zero-order chi connectivity index (χ0) is 16.0. The fourth-order valence-electron chi connectivity index (χ4n) is 1.90. The number of hydrogen-bond donors (Lipinski definition) is 1. The van der Waals surface area contributed by atoms with E-state index in [1.807, 2.05) is 13.0 Å². The van der Waals surface area contributed by atoms with Crippen molar-refractivity contribution in [2.75, 3.05) is 13.1 Å². The molecule has 1 heterocycles. The van der Waals surface area contributed by atoms with Gasteiger partial charge < -0.3 is 5.32 Å². The van der Waals surface area contributed by atoms with Crippen molar-refractivity contribution in [3.05, 3.63) is 17.0 Å². The lowest BCUT2D eigenvalue weighted by Crippen LogP contribution is -2.34. The minimum Gasteiger partial charge on any atom is -0.310 e. The third kappa shape index (κ3) is 5.36. The summed E-state index contributed by atoms with van der Waals surface area (Å²) in [6, 6.07) is 4.03. The third-order valence-corrected chi connectivity index (χ3v) is 6.97. The summed E-state index contributed by atoms with van der Waals surface area (Å²) in [5.74, 6) is 0.377. The molecule has 0 bridgehead atoms. The van der Waals surface area contributed by atoms with Crippen LogP contribution in [0.3, 0.4) is 0 Å². The maximum atomic E-state index is 12.7. The molecule has 1 aromatic rings. The summed E-state index contributed by atoms with van der Waals surface area (Å²) in [6.45, 7) is 12.1. The number of rotatable bonds is 9. The van der Waals surface area contributed by atoms with Gasteiger partial charge in [-0.3, -0.25) is 0 Å². The van der Waals surface area contributed by atoms with Crippen molar-refractivity contribution in [3.8, 4) is 0 Å². The van der Waals surface area contributed by atoms with E-state index in [1.165, 1.54) is 11.3 Å². The highest BCUT2D eigenvalue weighted by atomic mass is 32.2. The van der Waals surface area contributed by atoms with Crippen LogP contribution in [0.5, 0.6) is 0 Å². The molecule has 1 aromatic heterocycles. The van der Waals surface area contributed by atoms with Gasteiger partial charge in [0.2, 0.25) is 0 Å². The monoisotopic (exact) mass is 332 g/mol. The Hall–Kier alpha value is -0.430. The van der Waals surface area contributed by atoms with Crippen LogP contribution in [-0.4, -0.2) is 31.9 Å². The number of nitrogens with zero attached hydrogens (tertiary/aromatic N) is 1. The molecule has 0 fully saturated rings. The number of nitrogens with one attached hydrogen (secondary N) is 1. The molecule has 4 nitrogen and oxygen atoms in total. The molecule has 0 aromatic carbocycles. The molecule has 1 N–H and O–H groups in total. The van der Waals surface area contributed by atoms with Gasteiger partial charge in [-0.15, -0.1) is 11.3 Å². The van der Waals surface area contributed by atoms with Crippen LogP contribution in [-0.2, 0) is 16.6 Å². The topological polar surface area (TPSA) is 49.4 Å². The molecule has 1 unspecified atom stereocenters. The van der Waals surface area contributed by atoms with Crippen LogP contribution in [0.1, 0.15) is 45.9 Å². The lowest BCUT2D eigenvalue weighted by atomic mass is 10.1. The van der Waals surface area contributed by atoms with Gasteiger partial charge in [-0.25, -0.2) is 8.42 Å². The predicted molar refractivity (Wildman–Crippen MR) is 90.2 cm³/mol. The van der Waals surface area contributed by atoms with Crippen molar-refractivity contribution in [1.82, 2.24) is 9.62 Å². The predicted octanol–water partition coefficient (Wildman–Crippen LogP) is 3.30. The molecule has 0 aliphatic rings. The first kappa shape index (κ1) is 18.6. The summed E-state index contributed by atoms with van der Waals surface area (Å²) in [4.78, 5) is 1.06. The number of thiophene rings is 1. The van der Waals surface area contributed by atoms with Gasteiger partial charge in [0.25, 0.3) is 10.0 Å². The molecule has 0 aliphatic heterocycles. The second-order valence-electron chi connectivity index (χ2n) is 5.73. The molecular weight excluding hydrogens is 304 g/mol. The molecule has 6 heteroatoms. The standard InChI is InChI=1S/C15H28N2O2S2/c1-6-13(5)11-17(7-2)21(18,19)15-9-8-14(20-15)10-16-12(3)4/h8-9,12-13,16H,6-7,10-11H2,1-5H3. The van der Waals surface area contributed by atoms with Crippen LogP contribution in [0.2, 0.25) is 0 Å². The Morgan fingerprint density at radius 2 is 1.90 bits per heavy atom. The molecule has 0 aliphatic carbocycles. The third-order valence-electron chi connectivity index (χ3n) is 3.48. The lowest BCUT2D eigenvalue weighted by Gasteiger charge is -2.22. The van der Waals surface area contributed by atoms with E-state index in [0.717, 1.165) is 17.8 Å². The van der Waals surface area contributed by atoms with Crippen molar-refractivity contribution >= 4 is 21.4 Å². The second kappa shape index (κ2) is 8.27. The Morgan fingerprint density at radius 3 is 2.43 bits per heavy atom. The zero-order valence-corrected chi connectivity index (χ0v) is 15.4. The van der Waals surface area contributed by atoms with Gasteiger partial charge in [0.15, 0.2) is 0 Å². The van der Waals surface area contributed by atoms with Gasteiger partial charge >= 0.3 is 0 Å². The van der Waals surface area contributed by atoms with E-state index >= 15 is 0 Å². The fourth-order valence-corrected chi connectivity index (χ4v) is 4.93. The molecule has 0 spiro atoms. The van der Waals surface area contributed by atoms with Gasteiger partial charge in [0.1, 0.15) is 4.21 Å². The van der Waals surface area contributed by atoms with Crippen molar-refractivity contribution < 1.29 is 8.42 Å². The van der Waals surface area contributed by atoms with E-state index in [2.05, 4.69) is 33.0 Å². The molecule has 0 amide bonds. The molecular formula is C15H28N2O2S2. The van der Waals surface area contributed by atoms with E-state index in [-0.39, 0.29) is 0 Å². The Morgan fingerprint density at radius 1 is 1.24 bits per heavy atom. The van der Waals surface area contributed by atoms with Crippen LogP contribution in [0.15, 0.2) is 16.3 Å². The van der Waals surface area contributed by atoms with E-state index in [9.17, 15) is 8.42 Å². The highest BCUT2D eigenvalue weighted by molar-refractivity contribution is 7.91. The van der Waals surface area contributed by atoms with Gasteiger partial charge in [-0.05, 0) is 18.1 Å². The Bertz CT molecular complexity index is 524. The minimum absolute atomic E-state index is 0.377. The maximum Gasteiger partial charge on any atom is 0.252 e. The maximum absolute atomic E-state index is 12.7. The SMILES string of the molecule is CCC(C)CN(CC)S(=O)(=O)c1ccc(CNC(C)C)s1. The second-order valence-corrected chi connectivity index (χ2v) is 9.06. The van der Waals surface area contributed by atoms with E-state index in [0.29, 0.717) is 29.3 Å². The van der Waals surface area contributed by atoms with Crippen LogP contribution in [0.25, 0.3) is 0 Å². The fraction of sp³-hybridized carbons (Fsp3) is 0.733. The zero-order valence-electron chi connectivity index (χ0n) is 13.7. The smallest absolute Gasteiger partial charge is 0.252 e. The van der Waals surface area contributed by atoms with Crippen molar-refractivity contribution in [3.63, 3.8) is 0 Å². The molecule has 0 saturated heterocycles. The first-order chi connectivity index (χ1) is 9.81. The Labute approximate surface area is 133 Å². The van der Waals surface area contributed by atoms with Crippen molar-refractivity contribution in [1.29, 1.82) is 0 Å². The van der Waals surface area contributed by atoms with Gasteiger partial charge in [-0.1, -0.05) is 41.0 Å². The van der Waals surface area contributed by atoms with Gasteiger partial charge in [-0.2, -0.15) is 4.31 Å². The Kier molecular flexibility index (Phi) is 7.33. The average molecular weight is 333 g/mol. The normalized spacial score (nSPS) is 14.0. The Balaban J connectivity index is 2.85. The van der Waals surface area contributed by atoms with Gasteiger partial charge in [0, 0.05) is 30.6 Å². The van der Waals surface area contributed by atoms with Crippen molar-refractivity contribution in [2.45, 2.75) is 57.8 Å². The molecule has 0 radical (unpaired) electrons. The number of sulfonamides is 1. The summed E-state index contributed by atoms with van der Waals surface area (Å²) in [5, 5.41) is 3.31. The quantitative estimate of drug-likeness (QED) is 0.755. The van der Waals surface area contributed by atoms with Crippen molar-refractivity contribution in [2.24, 2.45) is 5.92 Å². The van der Waals surface area contributed by atoms with Crippen LogP contribution in [0.4, 0.5) is 0 Å². The average Bonchev–Trinajstić information content (AvgIpc) is 2.91. The summed E-state index contributed by atoms with van der Waals surface area (Å²) in [5.41, 5.74) is 0. The van der Waals surface area contributed by atoms with Gasteiger partial charge in [0.05, 0.1) is 0 Å². The summed E-state index contributed by atoms with van der Waals surface area (Å²) in [7, 11) is -3.35. The first-order valence-electron chi connectivity index (χ1n) is 7.63. The highest BCUT2D eigenvalue weighted by Crippen LogP contribution is 2.25. The molecule has 0 saturated carbocycles. The summed E-state index contributed by atoms with van der Waals surface area (Å²) >= 11 is 1.37. The van der Waals surface area contributed by atoms with Crippen LogP contribution < -0.4 is 5.32 Å². The minimum atomic E-state index is -3.35. The largest absolute Gasteiger partial charge is 0.310 e. The molecule has 1 rings (SSSR count). The van der Waals surface area contributed by atoms with Crippen LogP contribution in [0, 0.1) is 5.92 Å². The summed E-state index contributed by atoms with van der Waals surface area (Å²) in [6.07, 6.45) is 0.986. The van der Waals surface area contributed by atoms with E-state index in [4.69, 9.17) is 0 Å². The lowest BCUT2D eigenvalue weighted by molar-refractivity contribution is 0.362. The summed E-state index contributed by atoms with van der Waals surface area (Å²) < 4.78 is 27.4. The molecule has 21 heavy (non-hydrogen) atoms.